The molecule has 124 valence electrons. The van der Waals surface area contributed by atoms with Crippen LogP contribution in [0.4, 0.5) is 5.69 Å². The quantitative estimate of drug-likeness (QED) is 0.740. The zero-order chi connectivity index (χ0) is 17.8. The maximum atomic E-state index is 12.2. The highest BCUT2D eigenvalue weighted by atomic mass is 16.5. The SMILES string of the molecule is C[C@H](Oc1ccc2ccc(=O)oc2c1)C(=O)Nc1cccc(C#N)c1. The van der Waals surface area contributed by atoms with Crippen LogP contribution in [0.3, 0.4) is 0 Å². The standard InChI is InChI=1S/C19H14N2O4/c1-12(19(23)21-15-4-2-3-13(9-15)11-20)24-16-7-5-14-6-8-18(22)25-17(14)10-16/h2-10,12H,1H3,(H,21,23)/t12-/m0/s1. The molecule has 3 rings (SSSR count). The Morgan fingerprint density at radius 3 is 2.80 bits per heavy atom. The maximum Gasteiger partial charge on any atom is 0.336 e. The van der Waals surface area contributed by atoms with E-state index in [0.717, 1.165) is 5.39 Å². The number of nitrogens with one attached hydrogen (secondary N) is 1. The number of nitrogens with zero attached hydrogens (tertiary/aromatic N) is 1. The van der Waals surface area contributed by atoms with Gasteiger partial charge in [0, 0.05) is 23.2 Å². The second-order valence-electron chi connectivity index (χ2n) is 5.40. The van der Waals surface area contributed by atoms with Gasteiger partial charge in [0.15, 0.2) is 6.10 Å². The minimum atomic E-state index is -0.779. The van der Waals surface area contributed by atoms with Gasteiger partial charge in [0.1, 0.15) is 11.3 Å². The van der Waals surface area contributed by atoms with Gasteiger partial charge in [-0.25, -0.2) is 4.79 Å². The minimum Gasteiger partial charge on any atom is -0.481 e. The molecule has 0 spiro atoms. The van der Waals surface area contributed by atoms with Gasteiger partial charge in [-0.1, -0.05) is 6.07 Å². The van der Waals surface area contributed by atoms with Gasteiger partial charge < -0.3 is 14.5 Å². The van der Waals surface area contributed by atoms with Crippen molar-refractivity contribution >= 4 is 22.6 Å². The smallest absolute Gasteiger partial charge is 0.336 e. The average Bonchev–Trinajstić information content (AvgIpc) is 2.61. The number of carbonyl (C=O) groups is 1. The van der Waals surface area contributed by atoms with Gasteiger partial charge in [0.25, 0.3) is 5.91 Å². The van der Waals surface area contributed by atoms with Crippen molar-refractivity contribution in [2.24, 2.45) is 0 Å². The van der Waals surface area contributed by atoms with Crippen LogP contribution in [0.15, 0.2) is 63.8 Å². The lowest BCUT2D eigenvalue weighted by Crippen LogP contribution is -2.30. The number of ether oxygens (including phenoxy) is 1. The fourth-order valence-electron chi connectivity index (χ4n) is 2.28. The van der Waals surface area contributed by atoms with Crippen LogP contribution in [0.25, 0.3) is 11.0 Å². The van der Waals surface area contributed by atoms with Crippen LogP contribution in [-0.4, -0.2) is 12.0 Å². The molecule has 0 saturated heterocycles. The number of rotatable bonds is 4. The van der Waals surface area contributed by atoms with E-state index in [1.807, 2.05) is 6.07 Å². The van der Waals surface area contributed by atoms with Crippen LogP contribution in [-0.2, 0) is 4.79 Å². The molecule has 0 unspecified atom stereocenters. The lowest BCUT2D eigenvalue weighted by atomic mass is 10.2. The molecule has 6 nitrogen and oxygen atoms in total. The van der Waals surface area contributed by atoms with Crippen LogP contribution in [0.1, 0.15) is 12.5 Å². The summed E-state index contributed by atoms with van der Waals surface area (Å²) in [6.45, 7) is 1.61. The molecule has 0 fully saturated rings. The monoisotopic (exact) mass is 334 g/mol. The normalized spacial score (nSPS) is 11.5. The zero-order valence-electron chi connectivity index (χ0n) is 13.4. The Labute approximate surface area is 143 Å². The number of carbonyl (C=O) groups excluding carboxylic acids is 1. The van der Waals surface area contributed by atoms with Crippen LogP contribution in [0.5, 0.6) is 5.75 Å². The van der Waals surface area contributed by atoms with E-state index in [-0.39, 0.29) is 5.91 Å². The Balaban J connectivity index is 1.72. The molecule has 6 heteroatoms. The number of hydrogen-bond acceptors (Lipinski definition) is 5. The fraction of sp³-hybridized carbons (Fsp3) is 0.105. The molecule has 0 aliphatic heterocycles. The number of anilines is 1. The number of benzene rings is 2. The molecule has 0 bridgehead atoms. The molecular formula is C19H14N2O4. The Bertz CT molecular complexity index is 1030. The third kappa shape index (κ3) is 3.85. The molecule has 1 atom stereocenters. The van der Waals surface area contributed by atoms with Gasteiger partial charge in [-0.2, -0.15) is 5.26 Å². The number of fused-ring (bicyclic) bond motifs is 1. The summed E-state index contributed by atoms with van der Waals surface area (Å²) in [6.07, 6.45) is -0.779. The molecule has 1 aromatic heterocycles. The highest BCUT2D eigenvalue weighted by Crippen LogP contribution is 2.21. The summed E-state index contributed by atoms with van der Waals surface area (Å²) in [5, 5.41) is 12.3. The van der Waals surface area contributed by atoms with E-state index in [0.29, 0.717) is 22.6 Å². The summed E-state index contributed by atoms with van der Waals surface area (Å²) in [4.78, 5) is 23.5. The largest absolute Gasteiger partial charge is 0.481 e. The van der Waals surface area contributed by atoms with Crippen molar-refractivity contribution in [2.75, 3.05) is 5.32 Å². The molecule has 0 saturated carbocycles. The lowest BCUT2D eigenvalue weighted by molar-refractivity contribution is -0.122. The number of amides is 1. The van der Waals surface area contributed by atoms with Crippen LogP contribution < -0.4 is 15.7 Å². The summed E-state index contributed by atoms with van der Waals surface area (Å²) in [6, 6.07) is 16.6. The highest BCUT2D eigenvalue weighted by molar-refractivity contribution is 5.94. The van der Waals surface area contributed by atoms with Gasteiger partial charge >= 0.3 is 5.63 Å². The average molecular weight is 334 g/mol. The zero-order valence-corrected chi connectivity index (χ0v) is 13.4. The van der Waals surface area contributed by atoms with E-state index >= 15 is 0 Å². The molecule has 3 aromatic rings. The first-order valence-electron chi connectivity index (χ1n) is 7.57. The molecule has 1 N–H and O–H groups in total. The van der Waals surface area contributed by atoms with Crippen LogP contribution in [0.2, 0.25) is 0 Å². The second-order valence-corrected chi connectivity index (χ2v) is 5.40. The second kappa shape index (κ2) is 6.89. The summed E-state index contributed by atoms with van der Waals surface area (Å²) in [7, 11) is 0. The molecule has 2 aromatic carbocycles. The van der Waals surface area contributed by atoms with Gasteiger partial charge in [0.05, 0.1) is 11.6 Å². The summed E-state index contributed by atoms with van der Waals surface area (Å²) in [5.74, 6) is 0.0555. The molecule has 1 heterocycles. The van der Waals surface area contributed by atoms with Gasteiger partial charge in [-0.05, 0) is 43.3 Å². The summed E-state index contributed by atoms with van der Waals surface area (Å²) in [5.41, 5.74) is 0.909. The molecule has 0 radical (unpaired) electrons. The molecule has 0 aliphatic rings. The highest BCUT2D eigenvalue weighted by Gasteiger charge is 2.15. The van der Waals surface area contributed by atoms with Crippen molar-refractivity contribution in [3.63, 3.8) is 0 Å². The van der Waals surface area contributed by atoms with E-state index in [2.05, 4.69) is 5.32 Å². The van der Waals surface area contributed by atoms with E-state index in [9.17, 15) is 9.59 Å². The summed E-state index contributed by atoms with van der Waals surface area (Å²) < 4.78 is 10.7. The Morgan fingerprint density at radius 2 is 2.00 bits per heavy atom. The first-order valence-corrected chi connectivity index (χ1v) is 7.57. The predicted octanol–water partition coefficient (Wildman–Crippen LogP) is 3.07. The molecule has 25 heavy (non-hydrogen) atoms. The van der Waals surface area contributed by atoms with Crippen molar-refractivity contribution in [3.8, 4) is 11.8 Å². The van der Waals surface area contributed by atoms with Crippen LogP contribution in [0, 0.1) is 11.3 Å². The lowest BCUT2D eigenvalue weighted by Gasteiger charge is -2.15. The van der Waals surface area contributed by atoms with E-state index < -0.39 is 11.7 Å². The third-order valence-corrected chi connectivity index (χ3v) is 3.54. The van der Waals surface area contributed by atoms with Crippen molar-refractivity contribution in [3.05, 3.63) is 70.6 Å². The first-order chi connectivity index (χ1) is 12.0. The maximum absolute atomic E-state index is 12.2. The van der Waals surface area contributed by atoms with Gasteiger partial charge in [0.2, 0.25) is 0 Å². The fourth-order valence-corrected chi connectivity index (χ4v) is 2.28. The third-order valence-electron chi connectivity index (χ3n) is 3.54. The Hall–Kier alpha value is -3.59. The van der Waals surface area contributed by atoms with Crippen molar-refractivity contribution in [1.82, 2.24) is 0 Å². The molecule has 0 aliphatic carbocycles. The molecular weight excluding hydrogens is 320 g/mol. The molecule has 1 amide bonds. The number of hydrogen-bond donors (Lipinski definition) is 1. The topological polar surface area (TPSA) is 92.3 Å². The predicted molar refractivity (Wildman–Crippen MR) is 92.4 cm³/mol. The van der Waals surface area contributed by atoms with Crippen molar-refractivity contribution < 1.29 is 13.9 Å². The summed E-state index contributed by atoms with van der Waals surface area (Å²) >= 11 is 0. The number of nitriles is 1. The van der Waals surface area contributed by atoms with E-state index in [1.54, 1.807) is 55.5 Å². The van der Waals surface area contributed by atoms with Gasteiger partial charge in [-0.3, -0.25) is 4.79 Å². The van der Waals surface area contributed by atoms with E-state index in [1.165, 1.54) is 6.07 Å². The van der Waals surface area contributed by atoms with Crippen molar-refractivity contribution in [2.45, 2.75) is 13.0 Å². The van der Waals surface area contributed by atoms with Crippen molar-refractivity contribution in [1.29, 1.82) is 5.26 Å². The first kappa shape index (κ1) is 16.3. The minimum absolute atomic E-state index is 0.357. The van der Waals surface area contributed by atoms with Gasteiger partial charge in [-0.15, -0.1) is 0 Å². The van der Waals surface area contributed by atoms with Crippen LogP contribution >= 0.6 is 0 Å². The van der Waals surface area contributed by atoms with E-state index in [4.69, 9.17) is 14.4 Å². The Morgan fingerprint density at radius 1 is 1.20 bits per heavy atom. The Kier molecular flexibility index (Phi) is 4.48.